The van der Waals surface area contributed by atoms with Gasteiger partial charge in [-0.2, -0.15) is 9.97 Å². The predicted octanol–water partition coefficient (Wildman–Crippen LogP) is 8.19. The maximum absolute atomic E-state index is 5.11. The van der Waals surface area contributed by atoms with Gasteiger partial charge in [-0.05, 0) is 24.3 Å². The summed E-state index contributed by atoms with van der Waals surface area (Å²) in [4.78, 5) is 24.4. The van der Waals surface area contributed by atoms with Crippen LogP contribution < -0.4 is 0 Å². The number of rotatable bonds is 4. The molecule has 0 aliphatic rings. The van der Waals surface area contributed by atoms with Crippen LogP contribution >= 0.6 is 0 Å². The zero-order valence-electron chi connectivity index (χ0n) is 23.4. The SMILES string of the molecule is c1ccc(-c2nc(-c3ccccc3)nc(-n3c4cncnc4c4ccc5c6ccccc6n(-c6ccccc6)c5c43)n2)cc1. The lowest BCUT2D eigenvalue weighted by atomic mass is 10.1. The summed E-state index contributed by atoms with van der Waals surface area (Å²) in [6.07, 6.45) is 3.44. The van der Waals surface area contributed by atoms with E-state index >= 15 is 0 Å². The third kappa shape index (κ3) is 3.66. The molecule has 0 bridgehead atoms. The second-order valence-corrected chi connectivity index (χ2v) is 10.7. The average Bonchev–Trinajstić information content (AvgIpc) is 3.62. The summed E-state index contributed by atoms with van der Waals surface area (Å²) in [5, 5.41) is 3.30. The highest BCUT2D eigenvalue weighted by Crippen LogP contribution is 2.40. The number of para-hydroxylation sites is 2. The molecule has 44 heavy (non-hydrogen) atoms. The van der Waals surface area contributed by atoms with E-state index in [9.17, 15) is 0 Å². The summed E-state index contributed by atoms with van der Waals surface area (Å²) in [5.41, 5.74) is 7.68. The minimum Gasteiger partial charge on any atom is -0.307 e. The molecule has 5 aromatic carbocycles. The van der Waals surface area contributed by atoms with Crippen molar-refractivity contribution in [2.45, 2.75) is 0 Å². The van der Waals surface area contributed by atoms with E-state index in [2.05, 4.69) is 74.8 Å². The fourth-order valence-electron chi connectivity index (χ4n) is 6.22. The molecule has 206 valence electrons. The van der Waals surface area contributed by atoms with Gasteiger partial charge in [0.05, 0.1) is 33.8 Å². The third-order valence-corrected chi connectivity index (χ3v) is 8.12. The molecule has 0 saturated carbocycles. The number of nitrogens with zero attached hydrogens (tertiary/aromatic N) is 7. The molecule has 0 radical (unpaired) electrons. The third-order valence-electron chi connectivity index (χ3n) is 8.12. The van der Waals surface area contributed by atoms with Gasteiger partial charge in [0, 0.05) is 33.0 Å². The summed E-state index contributed by atoms with van der Waals surface area (Å²) < 4.78 is 4.43. The molecule has 0 atom stereocenters. The van der Waals surface area contributed by atoms with Crippen LogP contribution in [0.2, 0.25) is 0 Å². The lowest BCUT2D eigenvalue weighted by Gasteiger charge is -2.13. The van der Waals surface area contributed by atoms with Crippen molar-refractivity contribution in [3.05, 3.63) is 140 Å². The number of fused-ring (bicyclic) bond motifs is 7. The van der Waals surface area contributed by atoms with Crippen molar-refractivity contribution in [3.63, 3.8) is 0 Å². The van der Waals surface area contributed by atoms with Crippen molar-refractivity contribution < 1.29 is 0 Å². The van der Waals surface area contributed by atoms with Gasteiger partial charge in [0.25, 0.3) is 0 Å². The van der Waals surface area contributed by atoms with Crippen molar-refractivity contribution in [1.29, 1.82) is 0 Å². The number of hydrogen-bond acceptors (Lipinski definition) is 5. The van der Waals surface area contributed by atoms with E-state index in [1.807, 2.05) is 72.9 Å². The topological polar surface area (TPSA) is 74.3 Å². The molecule has 0 aliphatic carbocycles. The second-order valence-electron chi connectivity index (χ2n) is 10.7. The largest absolute Gasteiger partial charge is 0.307 e. The number of hydrogen-bond donors (Lipinski definition) is 0. The first-order valence-corrected chi connectivity index (χ1v) is 14.4. The van der Waals surface area contributed by atoms with Gasteiger partial charge in [-0.3, -0.25) is 4.57 Å². The zero-order chi connectivity index (χ0) is 29.0. The van der Waals surface area contributed by atoms with E-state index < -0.39 is 0 Å². The van der Waals surface area contributed by atoms with Crippen LogP contribution in [0, 0.1) is 0 Å². The molecule has 9 rings (SSSR count). The standard InChI is InChI=1S/C37H23N7/c1-4-12-24(13-5-1)35-40-36(25-14-6-2-7-15-25)42-37(41-35)44-31-22-38-23-39-32(31)29-21-20-28-27-18-10-11-19-30(27)43(33(28)34(29)44)26-16-8-3-9-17-26/h1-23H. The van der Waals surface area contributed by atoms with Crippen LogP contribution in [0.25, 0.3) is 78.2 Å². The summed E-state index contributed by atoms with van der Waals surface area (Å²) in [5.74, 6) is 1.69. The molecule has 7 heteroatoms. The van der Waals surface area contributed by atoms with Crippen molar-refractivity contribution >= 4 is 43.7 Å². The van der Waals surface area contributed by atoms with E-state index in [0.29, 0.717) is 17.6 Å². The molecular formula is C37H23N7. The smallest absolute Gasteiger partial charge is 0.238 e. The number of benzene rings is 5. The van der Waals surface area contributed by atoms with Crippen molar-refractivity contribution in [3.8, 4) is 34.4 Å². The number of aromatic nitrogens is 7. The monoisotopic (exact) mass is 565 g/mol. The maximum Gasteiger partial charge on any atom is 0.238 e. The molecular weight excluding hydrogens is 542 g/mol. The fraction of sp³-hybridized carbons (Fsp3) is 0. The lowest BCUT2D eigenvalue weighted by molar-refractivity contribution is 0.950. The molecule has 4 aromatic heterocycles. The Morgan fingerprint density at radius 3 is 1.75 bits per heavy atom. The van der Waals surface area contributed by atoms with E-state index in [1.165, 1.54) is 5.39 Å². The Labute approximate surface area is 251 Å². The highest BCUT2D eigenvalue weighted by molar-refractivity contribution is 6.22. The lowest BCUT2D eigenvalue weighted by Crippen LogP contribution is -2.07. The van der Waals surface area contributed by atoms with Gasteiger partial charge in [0.2, 0.25) is 5.95 Å². The summed E-state index contributed by atoms with van der Waals surface area (Å²) in [6, 6.07) is 43.4. The minimum absolute atomic E-state index is 0.505. The molecule has 0 saturated heterocycles. The Balaban J connectivity index is 1.48. The Bertz CT molecular complexity index is 2420. The molecule has 0 amide bonds. The van der Waals surface area contributed by atoms with Gasteiger partial charge in [-0.15, -0.1) is 0 Å². The van der Waals surface area contributed by atoms with Crippen LogP contribution in [0.1, 0.15) is 0 Å². The van der Waals surface area contributed by atoms with Crippen molar-refractivity contribution in [1.82, 2.24) is 34.1 Å². The van der Waals surface area contributed by atoms with E-state index in [4.69, 9.17) is 19.9 Å². The molecule has 0 N–H and O–H groups in total. The molecule has 9 aromatic rings. The van der Waals surface area contributed by atoms with Gasteiger partial charge < -0.3 is 4.57 Å². The van der Waals surface area contributed by atoms with E-state index in [1.54, 1.807) is 6.33 Å². The van der Waals surface area contributed by atoms with Gasteiger partial charge in [-0.1, -0.05) is 103 Å². The van der Waals surface area contributed by atoms with Crippen molar-refractivity contribution in [2.75, 3.05) is 0 Å². The zero-order valence-corrected chi connectivity index (χ0v) is 23.4. The Kier molecular flexibility index (Phi) is 5.36. The van der Waals surface area contributed by atoms with Crippen LogP contribution in [-0.2, 0) is 0 Å². The van der Waals surface area contributed by atoms with Gasteiger partial charge in [0.1, 0.15) is 6.33 Å². The first-order chi connectivity index (χ1) is 21.8. The molecule has 0 fully saturated rings. The summed E-state index contributed by atoms with van der Waals surface area (Å²) >= 11 is 0. The molecule has 4 heterocycles. The first kappa shape index (κ1) is 24.4. The molecule has 0 unspecified atom stereocenters. The highest BCUT2D eigenvalue weighted by Gasteiger charge is 2.24. The molecule has 0 spiro atoms. The van der Waals surface area contributed by atoms with Crippen LogP contribution in [0.4, 0.5) is 0 Å². The van der Waals surface area contributed by atoms with Crippen LogP contribution in [0.5, 0.6) is 0 Å². The van der Waals surface area contributed by atoms with Gasteiger partial charge in [-0.25, -0.2) is 15.0 Å². The first-order valence-electron chi connectivity index (χ1n) is 14.4. The Morgan fingerprint density at radius 2 is 1.05 bits per heavy atom. The maximum atomic E-state index is 5.11. The van der Waals surface area contributed by atoms with Crippen LogP contribution in [0.15, 0.2) is 140 Å². The molecule has 7 nitrogen and oxygen atoms in total. The minimum atomic E-state index is 0.505. The predicted molar refractivity (Wildman–Crippen MR) is 175 cm³/mol. The normalized spacial score (nSPS) is 11.6. The van der Waals surface area contributed by atoms with E-state index in [0.717, 1.165) is 55.2 Å². The highest BCUT2D eigenvalue weighted by atomic mass is 15.2. The Morgan fingerprint density at radius 1 is 0.455 bits per heavy atom. The Hall–Kier alpha value is -6.21. The molecule has 0 aliphatic heterocycles. The fourth-order valence-corrected chi connectivity index (χ4v) is 6.22. The quantitative estimate of drug-likeness (QED) is 0.215. The summed E-state index contributed by atoms with van der Waals surface area (Å²) in [6.45, 7) is 0. The average molecular weight is 566 g/mol. The second kappa shape index (κ2) is 9.68. The van der Waals surface area contributed by atoms with Gasteiger partial charge >= 0.3 is 0 Å². The van der Waals surface area contributed by atoms with E-state index in [-0.39, 0.29) is 0 Å². The van der Waals surface area contributed by atoms with Crippen molar-refractivity contribution in [2.24, 2.45) is 0 Å². The van der Waals surface area contributed by atoms with Crippen LogP contribution in [-0.4, -0.2) is 34.1 Å². The summed E-state index contributed by atoms with van der Waals surface area (Å²) in [7, 11) is 0. The van der Waals surface area contributed by atoms with Crippen LogP contribution in [0.3, 0.4) is 0 Å². The van der Waals surface area contributed by atoms with Gasteiger partial charge in [0.15, 0.2) is 11.6 Å².